The predicted octanol–water partition coefficient (Wildman–Crippen LogP) is 2.23. The van der Waals surface area contributed by atoms with Crippen LogP contribution in [0.2, 0.25) is 0 Å². The molecule has 0 heterocycles. The van der Waals surface area contributed by atoms with Crippen molar-refractivity contribution in [1.82, 2.24) is 0 Å². The summed E-state index contributed by atoms with van der Waals surface area (Å²) in [5.41, 5.74) is 0.929. The van der Waals surface area contributed by atoms with Crippen molar-refractivity contribution in [2.45, 2.75) is 19.8 Å². The van der Waals surface area contributed by atoms with Gasteiger partial charge in [0.25, 0.3) is 0 Å². The minimum Gasteiger partial charge on any atom is -0.491 e. The summed E-state index contributed by atoms with van der Waals surface area (Å²) in [7, 11) is 0. The van der Waals surface area contributed by atoms with Gasteiger partial charge in [0.15, 0.2) is 0 Å². The molecule has 0 saturated heterocycles. The molecule has 98 valence electrons. The van der Waals surface area contributed by atoms with Crippen LogP contribution in [0.3, 0.4) is 0 Å². The second-order valence-electron chi connectivity index (χ2n) is 3.76. The first-order chi connectivity index (χ1) is 8.86. The molecule has 1 aromatic carbocycles. The molecule has 1 rings (SSSR count). The normalized spacial score (nSPS) is 9.67. The highest BCUT2D eigenvalue weighted by molar-refractivity contribution is 5.38. The van der Waals surface area contributed by atoms with Gasteiger partial charge in [0.1, 0.15) is 12.4 Å². The van der Waals surface area contributed by atoms with E-state index in [4.69, 9.17) is 14.6 Å². The lowest BCUT2D eigenvalue weighted by atomic mass is 10.2. The Kier molecular flexibility index (Phi) is 7.70. The first-order valence-corrected chi connectivity index (χ1v) is 6.27. The van der Waals surface area contributed by atoms with E-state index in [0.717, 1.165) is 24.3 Å². The second kappa shape index (κ2) is 9.52. The molecule has 0 unspecified atom stereocenters. The van der Waals surface area contributed by atoms with Crippen molar-refractivity contribution in [3.8, 4) is 17.6 Å². The lowest BCUT2D eigenvalue weighted by Crippen LogP contribution is -2.06. The molecule has 3 heteroatoms. The van der Waals surface area contributed by atoms with E-state index in [1.165, 1.54) is 0 Å². The van der Waals surface area contributed by atoms with Crippen molar-refractivity contribution in [2.24, 2.45) is 0 Å². The molecule has 0 aliphatic heterocycles. The number of hydrogen-bond acceptors (Lipinski definition) is 3. The summed E-state index contributed by atoms with van der Waals surface area (Å²) in [6, 6.07) is 7.60. The van der Waals surface area contributed by atoms with Gasteiger partial charge in [0, 0.05) is 18.6 Å². The summed E-state index contributed by atoms with van der Waals surface area (Å²) in [5.74, 6) is 6.66. The van der Waals surface area contributed by atoms with Crippen molar-refractivity contribution in [1.29, 1.82) is 0 Å². The smallest absolute Gasteiger partial charge is 0.119 e. The number of hydrogen-bond donors (Lipinski definition) is 1. The first-order valence-electron chi connectivity index (χ1n) is 6.27. The van der Waals surface area contributed by atoms with Crippen molar-refractivity contribution >= 4 is 0 Å². The van der Waals surface area contributed by atoms with Crippen molar-refractivity contribution in [3.05, 3.63) is 29.8 Å². The molecule has 0 fully saturated rings. The summed E-state index contributed by atoms with van der Waals surface area (Å²) < 4.78 is 10.8. The fourth-order valence-electron chi connectivity index (χ4n) is 1.32. The third-order valence-corrected chi connectivity index (χ3v) is 2.17. The topological polar surface area (TPSA) is 38.7 Å². The van der Waals surface area contributed by atoms with Crippen LogP contribution in [0.5, 0.6) is 5.75 Å². The Bertz CT molecular complexity index is 373. The van der Waals surface area contributed by atoms with Gasteiger partial charge in [-0.25, -0.2) is 0 Å². The standard InChI is InChI=1S/C15H20O3/c1-2-11-17-12-13-18-15-8-6-14(7-9-15)5-3-4-10-16/h6-9,16H,2,4,10-13H2,1H3. The summed E-state index contributed by atoms with van der Waals surface area (Å²) in [5, 5.41) is 8.61. The maximum Gasteiger partial charge on any atom is 0.119 e. The van der Waals surface area contributed by atoms with Crippen LogP contribution in [0, 0.1) is 11.8 Å². The minimum atomic E-state index is 0.103. The van der Waals surface area contributed by atoms with E-state index in [9.17, 15) is 0 Å². The molecule has 0 radical (unpaired) electrons. The molecule has 0 saturated carbocycles. The predicted molar refractivity (Wildman–Crippen MR) is 71.6 cm³/mol. The molecular formula is C15H20O3. The van der Waals surface area contributed by atoms with Gasteiger partial charge in [-0.2, -0.15) is 0 Å². The van der Waals surface area contributed by atoms with E-state index in [1.54, 1.807) is 0 Å². The highest BCUT2D eigenvalue weighted by Gasteiger charge is 1.94. The molecular weight excluding hydrogens is 228 g/mol. The Hall–Kier alpha value is -1.50. The Balaban J connectivity index is 2.30. The van der Waals surface area contributed by atoms with E-state index in [2.05, 4.69) is 18.8 Å². The molecule has 3 nitrogen and oxygen atoms in total. The van der Waals surface area contributed by atoms with Gasteiger partial charge in [-0.05, 0) is 30.7 Å². The molecule has 0 amide bonds. The Morgan fingerprint density at radius 2 is 1.89 bits per heavy atom. The summed E-state index contributed by atoms with van der Waals surface area (Å²) in [4.78, 5) is 0. The summed E-state index contributed by atoms with van der Waals surface area (Å²) in [6.45, 7) is 4.15. The maximum atomic E-state index is 8.61. The zero-order chi connectivity index (χ0) is 13.1. The lowest BCUT2D eigenvalue weighted by molar-refractivity contribution is 0.101. The Morgan fingerprint density at radius 1 is 1.11 bits per heavy atom. The third-order valence-electron chi connectivity index (χ3n) is 2.17. The van der Waals surface area contributed by atoms with Gasteiger partial charge in [0.2, 0.25) is 0 Å². The summed E-state index contributed by atoms with van der Waals surface area (Å²) in [6.07, 6.45) is 1.54. The number of rotatable bonds is 7. The number of benzene rings is 1. The molecule has 0 aliphatic carbocycles. The zero-order valence-corrected chi connectivity index (χ0v) is 10.8. The number of aliphatic hydroxyl groups is 1. The van der Waals surface area contributed by atoms with E-state index in [-0.39, 0.29) is 6.61 Å². The van der Waals surface area contributed by atoms with Gasteiger partial charge in [-0.3, -0.25) is 0 Å². The quantitative estimate of drug-likeness (QED) is 0.594. The molecule has 0 bridgehead atoms. The largest absolute Gasteiger partial charge is 0.491 e. The molecule has 0 aliphatic rings. The highest BCUT2D eigenvalue weighted by Crippen LogP contribution is 2.11. The average molecular weight is 248 g/mol. The third kappa shape index (κ3) is 6.29. The fraction of sp³-hybridized carbons (Fsp3) is 0.467. The van der Waals surface area contributed by atoms with Crippen LogP contribution in [0.15, 0.2) is 24.3 Å². The van der Waals surface area contributed by atoms with E-state index in [1.807, 2.05) is 24.3 Å². The molecule has 0 aromatic heterocycles. The van der Waals surface area contributed by atoms with Crippen LogP contribution in [-0.4, -0.2) is 31.5 Å². The SMILES string of the molecule is CCCOCCOc1ccc(C#CCCO)cc1. The molecule has 0 spiro atoms. The minimum absolute atomic E-state index is 0.103. The zero-order valence-electron chi connectivity index (χ0n) is 10.8. The molecule has 1 N–H and O–H groups in total. The molecule has 0 atom stereocenters. The first kappa shape index (κ1) is 14.6. The number of ether oxygens (including phenoxy) is 2. The van der Waals surface area contributed by atoms with E-state index < -0.39 is 0 Å². The van der Waals surface area contributed by atoms with Crippen LogP contribution in [0.25, 0.3) is 0 Å². The summed E-state index contributed by atoms with van der Waals surface area (Å²) >= 11 is 0. The van der Waals surface area contributed by atoms with Crippen molar-refractivity contribution in [2.75, 3.05) is 26.4 Å². The van der Waals surface area contributed by atoms with Crippen LogP contribution in [-0.2, 0) is 4.74 Å². The molecule has 18 heavy (non-hydrogen) atoms. The van der Waals surface area contributed by atoms with Gasteiger partial charge in [-0.15, -0.1) is 0 Å². The van der Waals surface area contributed by atoms with Crippen LogP contribution < -0.4 is 4.74 Å². The van der Waals surface area contributed by atoms with Gasteiger partial charge < -0.3 is 14.6 Å². The van der Waals surface area contributed by atoms with Crippen LogP contribution in [0.4, 0.5) is 0 Å². The monoisotopic (exact) mass is 248 g/mol. The van der Waals surface area contributed by atoms with Gasteiger partial charge >= 0.3 is 0 Å². The fourth-order valence-corrected chi connectivity index (χ4v) is 1.32. The van der Waals surface area contributed by atoms with Crippen molar-refractivity contribution in [3.63, 3.8) is 0 Å². The van der Waals surface area contributed by atoms with E-state index in [0.29, 0.717) is 19.6 Å². The number of aliphatic hydroxyl groups excluding tert-OH is 1. The Morgan fingerprint density at radius 3 is 2.56 bits per heavy atom. The van der Waals surface area contributed by atoms with Crippen LogP contribution >= 0.6 is 0 Å². The highest BCUT2D eigenvalue weighted by atomic mass is 16.5. The molecule has 1 aromatic rings. The maximum absolute atomic E-state index is 8.61. The Labute approximate surface area is 109 Å². The van der Waals surface area contributed by atoms with Crippen molar-refractivity contribution < 1.29 is 14.6 Å². The lowest BCUT2D eigenvalue weighted by Gasteiger charge is -2.06. The average Bonchev–Trinajstić information content (AvgIpc) is 2.40. The van der Waals surface area contributed by atoms with Gasteiger partial charge in [-0.1, -0.05) is 18.8 Å². The van der Waals surface area contributed by atoms with Gasteiger partial charge in [0.05, 0.1) is 13.2 Å². The van der Waals surface area contributed by atoms with E-state index >= 15 is 0 Å². The second-order valence-corrected chi connectivity index (χ2v) is 3.76. The van der Waals surface area contributed by atoms with Crippen LogP contribution in [0.1, 0.15) is 25.3 Å².